The lowest BCUT2D eigenvalue weighted by Gasteiger charge is -2.35. The fraction of sp³-hybridized carbons (Fsp3) is 0.421. The molecule has 1 saturated heterocycles. The van der Waals surface area contributed by atoms with E-state index < -0.39 is 21.7 Å². The highest BCUT2D eigenvalue weighted by molar-refractivity contribution is 7.89. The number of rotatable bonds is 4. The van der Waals surface area contributed by atoms with Crippen LogP contribution in [0.5, 0.6) is 0 Å². The van der Waals surface area contributed by atoms with E-state index in [2.05, 4.69) is 16.3 Å². The highest BCUT2D eigenvalue weighted by Crippen LogP contribution is 2.24. The Kier molecular flexibility index (Phi) is 5.69. The van der Waals surface area contributed by atoms with Crippen molar-refractivity contribution in [3.8, 4) is 0 Å². The summed E-state index contributed by atoms with van der Waals surface area (Å²) in [5, 5.41) is 2.07. The van der Waals surface area contributed by atoms with E-state index in [0.717, 1.165) is 31.6 Å². The number of fused-ring (bicyclic) bond motifs is 1. The third-order valence-electron chi connectivity index (χ3n) is 5.37. The largest absolute Gasteiger partial charge is 0.339 e. The fourth-order valence-corrected chi connectivity index (χ4v) is 6.02. The van der Waals surface area contributed by atoms with Crippen molar-refractivity contribution in [1.29, 1.82) is 0 Å². The van der Waals surface area contributed by atoms with Crippen LogP contribution in [-0.2, 0) is 27.8 Å². The molecule has 0 radical (unpaired) electrons. The van der Waals surface area contributed by atoms with Crippen molar-refractivity contribution in [1.82, 2.24) is 14.1 Å². The Morgan fingerprint density at radius 1 is 1.03 bits per heavy atom. The normalized spacial score (nSPS) is 18.6. The van der Waals surface area contributed by atoms with Gasteiger partial charge in [-0.3, -0.25) is 9.69 Å². The molecule has 2 aliphatic rings. The maximum atomic E-state index is 13.4. The van der Waals surface area contributed by atoms with E-state index in [1.807, 2.05) is 0 Å². The molecule has 3 heterocycles. The maximum absolute atomic E-state index is 13.4. The lowest BCUT2D eigenvalue weighted by molar-refractivity contribution is -0.133. The Balaban J connectivity index is 1.34. The quantitative estimate of drug-likeness (QED) is 0.728. The molecule has 2 aromatic rings. The third-order valence-corrected chi connectivity index (χ3v) is 8.28. The first-order valence-electron chi connectivity index (χ1n) is 9.35. The minimum atomic E-state index is -3.93. The van der Waals surface area contributed by atoms with Gasteiger partial charge in [-0.25, -0.2) is 17.2 Å². The minimum absolute atomic E-state index is 0.0199. The predicted octanol–water partition coefficient (Wildman–Crippen LogP) is 1.92. The van der Waals surface area contributed by atoms with Crippen LogP contribution < -0.4 is 0 Å². The van der Waals surface area contributed by atoms with Gasteiger partial charge >= 0.3 is 0 Å². The SMILES string of the molecule is O=C(CN1CCc2sccc2C1)N1CCN(S(=O)(=O)c2ccc(F)c(F)c2)CC1. The first-order valence-corrected chi connectivity index (χ1v) is 11.7. The van der Waals surface area contributed by atoms with Crippen LogP contribution in [0, 0.1) is 11.6 Å². The number of sulfonamides is 1. The topological polar surface area (TPSA) is 60.9 Å². The Morgan fingerprint density at radius 2 is 1.79 bits per heavy atom. The number of hydrogen-bond donors (Lipinski definition) is 0. The molecule has 6 nitrogen and oxygen atoms in total. The maximum Gasteiger partial charge on any atom is 0.243 e. The number of carbonyl (C=O) groups excluding carboxylic acids is 1. The zero-order valence-corrected chi connectivity index (χ0v) is 17.3. The molecule has 2 aliphatic heterocycles. The van der Waals surface area contributed by atoms with Crippen LogP contribution in [0.25, 0.3) is 0 Å². The monoisotopic (exact) mass is 441 g/mol. The van der Waals surface area contributed by atoms with Crippen molar-refractivity contribution in [3.63, 3.8) is 0 Å². The standard InChI is InChI=1S/C19H21F2N3O3S2/c20-16-2-1-15(11-17(16)21)29(26,27)24-8-6-23(7-9-24)19(25)13-22-5-3-18-14(12-22)4-10-28-18/h1-2,4,10-11H,3,5-9,12-13H2. The highest BCUT2D eigenvalue weighted by Gasteiger charge is 2.31. The van der Waals surface area contributed by atoms with Gasteiger partial charge < -0.3 is 4.90 Å². The van der Waals surface area contributed by atoms with Gasteiger partial charge in [0.15, 0.2) is 11.6 Å². The molecule has 0 bridgehead atoms. The van der Waals surface area contributed by atoms with Gasteiger partial charge in [0.05, 0.1) is 11.4 Å². The molecule has 156 valence electrons. The van der Waals surface area contributed by atoms with Crippen LogP contribution in [0.4, 0.5) is 8.78 Å². The van der Waals surface area contributed by atoms with Crippen molar-refractivity contribution >= 4 is 27.3 Å². The van der Waals surface area contributed by atoms with Gasteiger partial charge in [-0.15, -0.1) is 11.3 Å². The number of amides is 1. The summed E-state index contributed by atoms with van der Waals surface area (Å²) in [6, 6.07) is 4.65. The third kappa shape index (κ3) is 4.20. The minimum Gasteiger partial charge on any atom is -0.339 e. The average molecular weight is 442 g/mol. The van der Waals surface area contributed by atoms with E-state index in [1.54, 1.807) is 16.2 Å². The van der Waals surface area contributed by atoms with Crippen LogP contribution in [0.1, 0.15) is 10.4 Å². The molecule has 29 heavy (non-hydrogen) atoms. The zero-order valence-electron chi connectivity index (χ0n) is 15.7. The summed E-state index contributed by atoms with van der Waals surface area (Å²) >= 11 is 1.75. The summed E-state index contributed by atoms with van der Waals surface area (Å²) in [5.74, 6) is -2.31. The molecule has 0 spiro atoms. The van der Waals surface area contributed by atoms with Gasteiger partial charge in [-0.05, 0) is 41.6 Å². The van der Waals surface area contributed by atoms with Crippen LogP contribution in [0.3, 0.4) is 0 Å². The first-order chi connectivity index (χ1) is 13.8. The molecule has 10 heteroatoms. The summed E-state index contributed by atoms with van der Waals surface area (Å²) in [5.41, 5.74) is 1.27. The summed E-state index contributed by atoms with van der Waals surface area (Å²) < 4.78 is 53.1. The second-order valence-corrected chi connectivity index (χ2v) is 10.1. The molecule has 0 saturated carbocycles. The molecule has 0 atom stereocenters. The Bertz CT molecular complexity index is 1020. The second-order valence-electron chi connectivity index (χ2n) is 7.19. The van der Waals surface area contributed by atoms with Crippen molar-refractivity contribution in [2.75, 3.05) is 39.3 Å². The molecule has 1 amide bonds. The van der Waals surface area contributed by atoms with Crippen LogP contribution in [-0.4, -0.2) is 67.7 Å². The first kappa shape index (κ1) is 20.4. The molecular formula is C19H21F2N3O3S2. The van der Waals surface area contributed by atoms with Gasteiger partial charge in [0, 0.05) is 44.1 Å². The molecular weight excluding hydrogens is 420 g/mol. The van der Waals surface area contributed by atoms with Gasteiger partial charge in [0.2, 0.25) is 15.9 Å². The number of thiophene rings is 1. The van der Waals surface area contributed by atoms with E-state index in [-0.39, 0.29) is 37.0 Å². The van der Waals surface area contributed by atoms with Gasteiger partial charge in [-0.2, -0.15) is 4.31 Å². The second kappa shape index (κ2) is 8.10. The average Bonchev–Trinajstić information content (AvgIpc) is 3.18. The predicted molar refractivity (Wildman–Crippen MR) is 105 cm³/mol. The van der Waals surface area contributed by atoms with Crippen molar-refractivity contribution < 1.29 is 22.0 Å². The number of nitrogens with zero attached hydrogens (tertiary/aromatic N) is 3. The van der Waals surface area contributed by atoms with Crippen molar-refractivity contribution in [3.05, 3.63) is 51.7 Å². The van der Waals surface area contributed by atoms with Crippen LogP contribution in [0.2, 0.25) is 0 Å². The Hall–Kier alpha value is -1.88. The molecule has 1 aromatic carbocycles. The van der Waals surface area contributed by atoms with Crippen molar-refractivity contribution in [2.24, 2.45) is 0 Å². The molecule has 0 aliphatic carbocycles. The number of halogens is 2. The fourth-order valence-electron chi connectivity index (χ4n) is 3.70. The zero-order chi connectivity index (χ0) is 20.6. The smallest absolute Gasteiger partial charge is 0.243 e. The summed E-state index contributed by atoms with van der Waals surface area (Å²) in [6.45, 7) is 2.71. The highest BCUT2D eigenvalue weighted by atomic mass is 32.2. The van der Waals surface area contributed by atoms with E-state index in [0.29, 0.717) is 12.6 Å². The van der Waals surface area contributed by atoms with Gasteiger partial charge in [0.25, 0.3) is 0 Å². The molecule has 1 aromatic heterocycles. The number of hydrogen-bond acceptors (Lipinski definition) is 5. The summed E-state index contributed by atoms with van der Waals surface area (Å²) in [7, 11) is -3.93. The van der Waals surface area contributed by atoms with Gasteiger partial charge in [0.1, 0.15) is 0 Å². The Morgan fingerprint density at radius 3 is 2.52 bits per heavy atom. The van der Waals surface area contributed by atoms with Gasteiger partial charge in [-0.1, -0.05) is 0 Å². The summed E-state index contributed by atoms with van der Waals surface area (Å²) in [6.07, 6.45) is 0.945. The number of piperazine rings is 1. The van der Waals surface area contributed by atoms with Crippen LogP contribution in [0.15, 0.2) is 34.5 Å². The Labute approximate surface area is 172 Å². The number of benzene rings is 1. The molecule has 0 unspecified atom stereocenters. The summed E-state index contributed by atoms with van der Waals surface area (Å²) in [4.78, 5) is 17.5. The van der Waals surface area contributed by atoms with E-state index in [4.69, 9.17) is 0 Å². The molecule has 0 N–H and O–H groups in total. The van der Waals surface area contributed by atoms with E-state index in [9.17, 15) is 22.0 Å². The molecule has 1 fully saturated rings. The van der Waals surface area contributed by atoms with E-state index in [1.165, 1.54) is 14.7 Å². The lowest BCUT2D eigenvalue weighted by atomic mass is 10.1. The molecule has 4 rings (SSSR count). The van der Waals surface area contributed by atoms with E-state index >= 15 is 0 Å². The van der Waals surface area contributed by atoms with Crippen molar-refractivity contribution in [2.45, 2.75) is 17.9 Å². The van der Waals surface area contributed by atoms with Crippen LogP contribution >= 0.6 is 11.3 Å². The number of carbonyl (C=O) groups is 1. The lowest BCUT2D eigenvalue weighted by Crippen LogP contribution is -2.52.